The van der Waals surface area contributed by atoms with Gasteiger partial charge in [-0.05, 0) is 49.2 Å². The molecule has 0 spiro atoms. The third-order valence-corrected chi connectivity index (χ3v) is 6.41. The van der Waals surface area contributed by atoms with Gasteiger partial charge < -0.3 is 15.0 Å². The molecule has 3 heterocycles. The molecule has 4 aromatic rings. The monoisotopic (exact) mass is 490 g/mol. The van der Waals surface area contributed by atoms with Gasteiger partial charge >= 0.3 is 0 Å². The highest BCUT2D eigenvalue weighted by Crippen LogP contribution is 2.34. The van der Waals surface area contributed by atoms with Crippen molar-refractivity contribution < 1.29 is 23.1 Å². The van der Waals surface area contributed by atoms with Crippen LogP contribution in [0, 0.1) is 25.5 Å². The number of benzene rings is 2. The summed E-state index contributed by atoms with van der Waals surface area (Å²) in [5, 5.41) is 7.46. The maximum atomic E-state index is 14.1. The van der Waals surface area contributed by atoms with Crippen molar-refractivity contribution in [1.29, 1.82) is 0 Å². The van der Waals surface area contributed by atoms with Crippen LogP contribution >= 0.6 is 0 Å². The molecular weight excluding hydrogens is 466 g/mol. The molecule has 1 aliphatic rings. The molecule has 2 amide bonds. The second-order valence-electron chi connectivity index (χ2n) is 8.86. The summed E-state index contributed by atoms with van der Waals surface area (Å²) in [5.74, 6) is -1.64. The van der Waals surface area contributed by atoms with Gasteiger partial charge in [0.1, 0.15) is 18.2 Å². The summed E-state index contributed by atoms with van der Waals surface area (Å²) in [5.41, 5.74) is 3.47. The van der Waals surface area contributed by atoms with Crippen molar-refractivity contribution >= 4 is 23.0 Å². The second kappa shape index (κ2) is 9.07. The first-order chi connectivity index (χ1) is 17.2. The van der Waals surface area contributed by atoms with Gasteiger partial charge in [-0.25, -0.2) is 8.78 Å². The van der Waals surface area contributed by atoms with E-state index in [1.54, 1.807) is 31.0 Å². The van der Waals surface area contributed by atoms with E-state index >= 15 is 0 Å². The molecule has 2 aromatic carbocycles. The lowest BCUT2D eigenvalue weighted by Crippen LogP contribution is -2.39. The van der Waals surface area contributed by atoms with Crippen molar-refractivity contribution in [3.05, 3.63) is 94.2 Å². The van der Waals surface area contributed by atoms with E-state index < -0.39 is 17.7 Å². The molecule has 0 bridgehead atoms. The number of aromatic nitrogens is 2. The zero-order chi connectivity index (χ0) is 25.6. The number of carbonyl (C=O) groups is 2. The van der Waals surface area contributed by atoms with Gasteiger partial charge in [0.05, 0.1) is 34.8 Å². The molecule has 184 valence electrons. The first-order valence-electron chi connectivity index (χ1n) is 11.5. The molecule has 1 atom stereocenters. The number of fused-ring (bicyclic) bond motifs is 2. The van der Waals surface area contributed by atoms with Gasteiger partial charge in [0.15, 0.2) is 0 Å². The number of nitrogens with zero attached hydrogens (tertiary/aromatic N) is 3. The lowest BCUT2D eigenvalue weighted by Gasteiger charge is -2.32. The van der Waals surface area contributed by atoms with Crippen LogP contribution in [0.5, 0.6) is 5.88 Å². The topological polar surface area (TPSA) is 75.9 Å². The summed E-state index contributed by atoms with van der Waals surface area (Å²) in [7, 11) is 1.71. The fourth-order valence-corrected chi connectivity index (χ4v) is 4.56. The Kier molecular flexibility index (Phi) is 5.91. The van der Waals surface area contributed by atoms with Crippen LogP contribution in [-0.2, 0) is 11.4 Å². The van der Waals surface area contributed by atoms with Crippen molar-refractivity contribution in [2.45, 2.75) is 32.9 Å². The van der Waals surface area contributed by atoms with E-state index in [4.69, 9.17) is 4.74 Å². The molecule has 2 aromatic heterocycles. The van der Waals surface area contributed by atoms with E-state index in [-0.39, 0.29) is 36.3 Å². The number of aryl methyl sites for hydroxylation is 2. The van der Waals surface area contributed by atoms with E-state index in [1.807, 2.05) is 31.2 Å². The molecule has 0 radical (unpaired) electrons. The van der Waals surface area contributed by atoms with E-state index in [1.165, 1.54) is 22.7 Å². The Balaban J connectivity index is 1.47. The van der Waals surface area contributed by atoms with Crippen LogP contribution in [0.2, 0.25) is 0 Å². The van der Waals surface area contributed by atoms with Crippen molar-refractivity contribution in [3.63, 3.8) is 0 Å². The molecule has 1 unspecified atom stereocenters. The van der Waals surface area contributed by atoms with Crippen LogP contribution < -0.4 is 15.0 Å². The number of anilines is 1. The zero-order valence-electron chi connectivity index (χ0n) is 20.0. The smallest absolute Gasteiger partial charge is 0.255 e. The fourth-order valence-electron chi connectivity index (χ4n) is 4.56. The summed E-state index contributed by atoms with van der Waals surface area (Å²) in [6.07, 6.45) is 0.138. The van der Waals surface area contributed by atoms with Crippen LogP contribution in [0.25, 0.3) is 5.52 Å². The number of rotatable bonds is 5. The SMILES string of the molecule is Cc1cc(OCc2c(F)cccc2F)n2nc(C)c(C(=O)NC3CC(=O)N(C)c4ccccc43)c2c1. The Morgan fingerprint density at radius 2 is 1.83 bits per heavy atom. The number of amides is 2. The van der Waals surface area contributed by atoms with Crippen molar-refractivity contribution in [1.82, 2.24) is 14.9 Å². The summed E-state index contributed by atoms with van der Waals surface area (Å²) in [6, 6.07) is 14.1. The number of hydrogen-bond acceptors (Lipinski definition) is 4. The summed E-state index contributed by atoms with van der Waals surface area (Å²) < 4.78 is 35.4. The van der Waals surface area contributed by atoms with Gasteiger partial charge in [-0.2, -0.15) is 9.61 Å². The van der Waals surface area contributed by atoms with Crippen molar-refractivity contribution in [2.75, 3.05) is 11.9 Å². The average molecular weight is 491 g/mol. The number of carbonyl (C=O) groups excluding carboxylic acids is 2. The highest BCUT2D eigenvalue weighted by molar-refractivity contribution is 6.03. The highest BCUT2D eigenvalue weighted by atomic mass is 19.1. The molecule has 9 heteroatoms. The number of nitrogens with one attached hydrogen (secondary N) is 1. The summed E-state index contributed by atoms with van der Waals surface area (Å²) in [6.45, 7) is 3.18. The number of ether oxygens (including phenoxy) is 1. The molecule has 0 saturated carbocycles. The first kappa shape index (κ1) is 23.5. The molecule has 1 aliphatic heterocycles. The lowest BCUT2D eigenvalue weighted by molar-refractivity contribution is -0.119. The van der Waals surface area contributed by atoms with Crippen LogP contribution in [0.4, 0.5) is 14.5 Å². The molecule has 36 heavy (non-hydrogen) atoms. The maximum Gasteiger partial charge on any atom is 0.255 e. The predicted octanol–water partition coefficient (Wildman–Crippen LogP) is 4.65. The zero-order valence-corrected chi connectivity index (χ0v) is 20.0. The van der Waals surface area contributed by atoms with E-state index in [0.29, 0.717) is 16.8 Å². The average Bonchev–Trinajstić information content (AvgIpc) is 3.17. The maximum absolute atomic E-state index is 14.1. The predicted molar refractivity (Wildman–Crippen MR) is 130 cm³/mol. The second-order valence-corrected chi connectivity index (χ2v) is 8.86. The minimum absolute atomic E-state index is 0.0949. The van der Waals surface area contributed by atoms with Crippen LogP contribution in [0.1, 0.15) is 45.2 Å². The van der Waals surface area contributed by atoms with Crippen LogP contribution in [-0.4, -0.2) is 28.5 Å². The Morgan fingerprint density at radius 1 is 1.11 bits per heavy atom. The van der Waals surface area contributed by atoms with Crippen LogP contribution in [0.15, 0.2) is 54.6 Å². The number of halogens is 2. The normalized spacial score (nSPS) is 15.2. The fraction of sp³-hybridized carbons (Fsp3) is 0.222. The first-order valence-corrected chi connectivity index (χ1v) is 11.5. The van der Waals surface area contributed by atoms with E-state index in [9.17, 15) is 18.4 Å². The third-order valence-electron chi connectivity index (χ3n) is 6.41. The van der Waals surface area contributed by atoms with Gasteiger partial charge in [-0.1, -0.05) is 24.3 Å². The molecule has 0 saturated heterocycles. The largest absolute Gasteiger partial charge is 0.473 e. The Hall–Kier alpha value is -4.27. The number of pyridine rings is 1. The molecular formula is C27H24F2N4O3. The van der Waals surface area contributed by atoms with E-state index in [0.717, 1.165) is 16.8 Å². The van der Waals surface area contributed by atoms with Crippen molar-refractivity contribution in [2.24, 2.45) is 0 Å². The highest BCUT2D eigenvalue weighted by Gasteiger charge is 2.31. The minimum atomic E-state index is -0.705. The summed E-state index contributed by atoms with van der Waals surface area (Å²) >= 11 is 0. The summed E-state index contributed by atoms with van der Waals surface area (Å²) in [4.78, 5) is 27.6. The van der Waals surface area contributed by atoms with Crippen LogP contribution in [0.3, 0.4) is 0 Å². The standard InChI is InChI=1S/C27H24F2N4O3/c1-15-11-23-26(27(35)30-21-13-24(34)32(3)22-10-5-4-7-17(21)22)16(2)31-33(23)25(12-15)36-14-18-19(28)8-6-9-20(18)29/h4-12,21H,13-14H2,1-3H3,(H,30,35). The number of hydrogen-bond donors (Lipinski definition) is 1. The van der Waals surface area contributed by atoms with Gasteiger partial charge in [0.25, 0.3) is 5.91 Å². The number of para-hydroxylation sites is 1. The Labute approximate surface area is 206 Å². The Bertz CT molecular complexity index is 1490. The lowest BCUT2D eigenvalue weighted by atomic mass is 9.95. The molecule has 7 nitrogen and oxygen atoms in total. The molecule has 0 fully saturated rings. The molecule has 0 aliphatic carbocycles. The molecule has 1 N–H and O–H groups in total. The van der Waals surface area contributed by atoms with Gasteiger partial charge in [0, 0.05) is 18.8 Å². The van der Waals surface area contributed by atoms with Crippen molar-refractivity contribution in [3.8, 4) is 5.88 Å². The van der Waals surface area contributed by atoms with Gasteiger partial charge in [0.2, 0.25) is 11.8 Å². The van der Waals surface area contributed by atoms with E-state index in [2.05, 4.69) is 10.4 Å². The van der Waals surface area contributed by atoms with Gasteiger partial charge in [-0.15, -0.1) is 0 Å². The van der Waals surface area contributed by atoms with Gasteiger partial charge in [-0.3, -0.25) is 9.59 Å². The quantitative estimate of drug-likeness (QED) is 0.442. The molecule has 5 rings (SSSR count). The Morgan fingerprint density at radius 3 is 2.58 bits per heavy atom. The third kappa shape index (κ3) is 4.06. The minimum Gasteiger partial charge on any atom is -0.473 e.